The predicted molar refractivity (Wildman–Crippen MR) is 72.9 cm³/mol. The average molecular weight is 250 g/mol. The number of hydrogen-bond donors (Lipinski definition) is 1. The molecule has 0 radical (unpaired) electrons. The maximum absolute atomic E-state index is 12.0. The molecule has 3 heteroatoms. The summed E-state index contributed by atoms with van der Waals surface area (Å²) in [5.74, 6) is 0.516. The van der Waals surface area contributed by atoms with Crippen LogP contribution in [0.2, 0.25) is 5.02 Å². The van der Waals surface area contributed by atoms with Crippen molar-refractivity contribution in [1.82, 2.24) is 4.98 Å². The monoisotopic (exact) mass is 249 g/mol. The molecule has 1 N–H and O–H groups in total. The molecule has 0 amide bonds. The molecule has 2 nitrogen and oxygen atoms in total. The van der Waals surface area contributed by atoms with E-state index in [1.54, 1.807) is 12.1 Å². The lowest BCUT2D eigenvalue weighted by atomic mass is 10.0. The van der Waals surface area contributed by atoms with Crippen LogP contribution >= 0.6 is 11.6 Å². The lowest BCUT2D eigenvalue weighted by Gasteiger charge is -2.09. The summed E-state index contributed by atoms with van der Waals surface area (Å²) < 4.78 is 0. The van der Waals surface area contributed by atoms with Crippen LogP contribution in [0.3, 0.4) is 0 Å². The van der Waals surface area contributed by atoms with Crippen molar-refractivity contribution in [2.75, 3.05) is 0 Å². The Morgan fingerprint density at radius 1 is 1.35 bits per heavy atom. The first-order valence-corrected chi connectivity index (χ1v) is 6.18. The van der Waals surface area contributed by atoms with Crippen molar-refractivity contribution in [2.45, 2.75) is 27.2 Å². The smallest absolute Gasteiger partial charge is 0.191 e. The Morgan fingerprint density at radius 2 is 2.06 bits per heavy atom. The predicted octanol–water partition coefficient (Wildman–Crippen LogP) is 3.69. The molecule has 2 aromatic rings. The third kappa shape index (κ3) is 2.37. The number of H-pyrrole nitrogens is 1. The molecule has 17 heavy (non-hydrogen) atoms. The minimum atomic E-state index is 0.00287. The van der Waals surface area contributed by atoms with Gasteiger partial charge in [-0.1, -0.05) is 31.5 Å². The summed E-state index contributed by atoms with van der Waals surface area (Å²) in [5.41, 5.74) is 2.89. The summed E-state index contributed by atoms with van der Waals surface area (Å²) in [7, 11) is 0. The lowest BCUT2D eigenvalue weighted by molar-refractivity contribution is 0.636. The molecule has 0 saturated carbocycles. The molecular weight excluding hydrogens is 234 g/mol. The highest BCUT2D eigenvalue weighted by molar-refractivity contribution is 6.35. The van der Waals surface area contributed by atoms with Crippen LogP contribution < -0.4 is 5.43 Å². The Morgan fingerprint density at radius 3 is 2.71 bits per heavy atom. The molecule has 1 aromatic carbocycles. The molecule has 0 aliphatic heterocycles. The number of benzene rings is 1. The topological polar surface area (TPSA) is 32.9 Å². The van der Waals surface area contributed by atoms with Gasteiger partial charge in [0.25, 0.3) is 0 Å². The van der Waals surface area contributed by atoms with Crippen LogP contribution in [0, 0.1) is 12.8 Å². The van der Waals surface area contributed by atoms with Gasteiger partial charge in [-0.3, -0.25) is 4.79 Å². The van der Waals surface area contributed by atoms with Crippen LogP contribution in [0.1, 0.15) is 25.1 Å². The van der Waals surface area contributed by atoms with E-state index in [9.17, 15) is 4.79 Å². The molecule has 90 valence electrons. The van der Waals surface area contributed by atoms with Gasteiger partial charge >= 0.3 is 0 Å². The summed E-state index contributed by atoms with van der Waals surface area (Å²) in [6, 6.07) is 5.37. The summed E-state index contributed by atoms with van der Waals surface area (Å²) in [4.78, 5) is 15.4. The Kier molecular flexibility index (Phi) is 3.25. The van der Waals surface area contributed by atoms with Crippen molar-refractivity contribution >= 4 is 22.5 Å². The molecule has 0 bridgehead atoms. The SMILES string of the molecule is Cc1ccc(Cl)c2c(=O)cc(CC(C)C)[nH]c12. The summed E-state index contributed by atoms with van der Waals surface area (Å²) in [6.07, 6.45) is 0.872. The van der Waals surface area contributed by atoms with Gasteiger partial charge in [0.05, 0.1) is 15.9 Å². The van der Waals surface area contributed by atoms with E-state index in [-0.39, 0.29) is 5.43 Å². The Labute approximate surface area is 106 Å². The van der Waals surface area contributed by atoms with Crippen LogP contribution in [0.25, 0.3) is 10.9 Å². The molecule has 0 atom stereocenters. The van der Waals surface area contributed by atoms with Crippen LogP contribution in [0.15, 0.2) is 23.0 Å². The molecule has 1 heterocycles. The van der Waals surface area contributed by atoms with Crippen LogP contribution in [-0.2, 0) is 6.42 Å². The molecule has 1 aromatic heterocycles. The fourth-order valence-corrected chi connectivity index (χ4v) is 2.31. The number of hydrogen-bond acceptors (Lipinski definition) is 1. The summed E-state index contributed by atoms with van der Waals surface area (Å²) in [6.45, 7) is 6.24. The molecule has 0 spiro atoms. The maximum Gasteiger partial charge on any atom is 0.191 e. The minimum absolute atomic E-state index is 0.00287. The highest BCUT2D eigenvalue weighted by Crippen LogP contribution is 2.22. The van der Waals surface area contributed by atoms with E-state index >= 15 is 0 Å². The minimum Gasteiger partial charge on any atom is -0.358 e. The van der Waals surface area contributed by atoms with E-state index in [0.717, 1.165) is 23.2 Å². The van der Waals surface area contributed by atoms with Gasteiger partial charge in [-0.2, -0.15) is 0 Å². The zero-order valence-corrected chi connectivity index (χ0v) is 11.1. The first kappa shape index (κ1) is 12.2. The van der Waals surface area contributed by atoms with E-state index in [1.807, 2.05) is 13.0 Å². The van der Waals surface area contributed by atoms with Gasteiger partial charge in [-0.15, -0.1) is 0 Å². The zero-order valence-electron chi connectivity index (χ0n) is 10.3. The number of rotatable bonds is 2. The van der Waals surface area contributed by atoms with Gasteiger partial charge in [0, 0.05) is 11.8 Å². The molecule has 0 aliphatic rings. The highest BCUT2D eigenvalue weighted by Gasteiger charge is 2.09. The molecule has 0 saturated heterocycles. The van der Waals surface area contributed by atoms with Crippen molar-refractivity contribution in [3.63, 3.8) is 0 Å². The van der Waals surface area contributed by atoms with E-state index in [4.69, 9.17) is 11.6 Å². The van der Waals surface area contributed by atoms with Gasteiger partial charge in [0.2, 0.25) is 0 Å². The second kappa shape index (κ2) is 4.53. The molecule has 2 rings (SSSR count). The number of aromatic nitrogens is 1. The first-order chi connectivity index (χ1) is 7.99. The quantitative estimate of drug-likeness (QED) is 0.865. The zero-order chi connectivity index (χ0) is 12.6. The van der Waals surface area contributed by atoms with E-state index in [2.05, 4.69) is 18.8 Å². The number of nitrogens with one attached hydrogen (secondary N) is 1. The van der Waals surface area contributed by atoms with Crippen molar-refractivity contribution in [3.8, 4) is 0 Å². The van der Waals surface area contributed by atoms with Crippen LogP contribution in [0.4, 0.5) is 0 Å². The van der Waals surface area contributed by atoms with Crippen molar-refractivity contribution in [2.24, 2.45) is 5.92 Å². The van der Waals surface area contributed by atoms with E-state index < -0.39 is 0 Å². The number of aryl methyl sites for hydroxylation is 1. The van der Waals surface area contributed by atoms with Gasteiger partial charge in [0.1, 0.15) is 0 Å². The molecule has 0 unspecified atom stereocenters. The van der Waals surface area contributed by atoms with Gasteiger partial charge in [0.15, 0.2) is 5.43 Å². The van der Waals surface area contributed by atoms with Gasteiger partial charge < -0.3 is 4.98 Å². The molecule has 0 fully saturated rings. The average Bonchev–Trinajstić information content (AvgIpc) is 2.22. The number of pyridine rings is 1. The normalized spacial score (nSPS) is 11.4. The lowest BCUT2D eigenvalue weighted by Crippen LogP contribution is -2.08. The second-order valence-corrected chi connectivity index (χ2v) is 5.28. The Hall–Kier alpha value is -1.28. The summed E-state index contributed by atoms with van der Waals surface area (Å²) in [5, 5.41) is 1.11. The Bertz CT molecular complexity index is 613. The first-order valence-electron chi connectivity index (χ1n) is 5.80. The highest BCUT2D eigenvalue weighted by atomic mass is 35.5. The van der Waals surface area contributed by atoms with Crippen molar-refractivity contribution < 1.29 is 0 Å². The van der Waals surface area contributed by atoms with E-state index in [0.29, 0.717) is 16.3 Å². The molecular formula is C14H16ClNO. The summed E-state index contributed by atoms with van der Waals surface area (Å²) >= 11 is 6.07. The van der Waals surface area contributed by atoms with Gasteiger partial charge in [-0.05, 0) is 30.9 Å². The third-order valence-corrected chi connectivity index (χ3v) is 3.14. The van der Waals surface area contributed by atoms with Crippen molar-refractivity contribution in [3.05, 3.63) is 44.7 Å². The fourth-order valence-electron chi connectivity index (χ4n) is 2.06. The van der Waals surface area contributed by atoms with Gasteiger partial charge in [-0.25, -0.2) is 0 Å². The molecule has 0 aliphatic carbocycles. The number of fused-ring (bicyclic) bond motifs is 1. The largest absolute Gasteiger partial charge is 0.358 e. The standard InChI is InChI=1S/C14H16ClNO/c1-8(2)6-10-7-12(17)13-11(15)5-4-9(3)14(13)16-10/h4-5,7-8H,6H2,1-3H3,(H,16,17). The number of aromatic amines is 1. The van der Waals surface area contributed by atoms with Crippen molar-refractivity contribution in [1.29, 1.82) is 0 Å². The maximum atomic E-state index is 12.0. The van der Waals surface area contributed by atoms with E-state index in [1.165, 1.54) is 0 Å². The second-order valence-electron chi connectivity index (χ2n) is 4.87. The Balaban J connectivity index is 2.73. The fraction of sp³-hybridized carbons (Fsp3) is 0.357. The van der Waals surface area contributed by atoms with Crippen LogP contribution in [0.5, 0.6) is 0 Å². The number of halogens is 1. The third-order valence-electron chi connectivity index (χ3n) is 2.83. The van der Waals surface area contributed by atoms with Crippen LogP contribution in [-0.4, -0.2) is 4.98 Å².